The van der Waals surface area contributed by atoms with Crippen molar-refractivity contribution in [3.05, 3.63) is 24.3 Å². The van der Waals surface area contributed by atoms with Gasteiger partial charge in [0.25, 0.3) is 0 Å². The van der Waals surface area contributed by atoms with Gasteiger partial charge in [0.2, 0.25) is 15.9 Å². The molecule has 1 rings (SSSR count). The van der Waals surface area contributed by atoms with Gasteiger partial charge in [0.1, 0.15) is 0 Å². The molecule has 0 heterocycles. The number of hydrogen-bond acceptors (Lipinski definition) is 4. The predicted octanol–water partition coefficient (Wildman–Crippen LogP) is 0.271. The van der Waals surface area contributed by atoms with Crippen LogP contribution in [0.3, 0.4) is 0 Å². The number of sulfonamides is 1. The first kappa shape index (κ1) is 14.5. The minimum absolute atomic E-state index is 0.0339. The second kappa shape index (κ2) is 5.83. The number of carbonyl (C=O) groups excluding carboxylic acids is 1. The Bertz CT molecular complexity index is 511. The van der Waals surface area contributed by atoms with Crippen molar-refractivity contribution in [2.24, 2.45) is 5.73 Å². The van der Waals surface area contributed by atoms with E-state index in [9.17, 15) is 13.2 Å². The molecular weight excluding hydrogens is 254 g/mol. The molecule has 1 unspecified atom stereocenters. The van der Waals surface area contributed by atoms with Gasteiger partial charge in [-0.2, -0.15) is 0 Å². The van der Waals surface area contributed by atoms with Gasteiger partial charge in [0.15, 0.2) is 0 Å². The monoisotopic (exact) mass is 271 g/mol. The van der Waals surface area contributed by atoms with Crippen LogP contribution in [0, 0.1) is 0 Å². The summed E-state index contributed by atoms with van der Waals surface area (Å²) in [6.07, 6.45) is -0.0339. The Morgan fingerprint density at radius 3 is 2.33 bits per heavy atom. The van der Waals surface area contributed by atoms with Crippen LogP contribution in [0.5, 0.6) is 0 Å². The van der Waals surface area contributed by atoms with Gasteiger partial charge < -0.3 is 11.1 Å². The molecule has 0 spiro atoms. The number of nitrogens with one attached hydrogen (secondary N) is 2. The van der Waals surface area contributed by atoms with Crippen LogP contribution in [-0.4, -0.2) is 27.4 Å². The van der Waals surface area contributed by atoms with Crippen molar-refractivity contribution in [3.63, 3.8) is 0 Å². The summed E-state index contributed by atoms with van der Waals surface area (Å²) in [6, 6.07) is 5.77. The highest BCUT2D eigenvalue weighted by atomic mass is 32.2. The smallest absolute Gasteiger partial charge is 0.240 e. The summed E-state index contributed by atoms with van der Waals surface area (Å²) < 4.78 is 26.3. The fraction of sp³-hybridized carbons (Fsp3) is 0.364. The number of nitrogens with two attached hydrogens (primary N) is 1. The molecule has 0 bridgehead atoms. The van der Waals surface area contributed by atoms with Crippen LogP contribution < -0.4 is 15.8 Å². The van der Waals surface area contributed by atoms with Crippen LogP contribution in [-0.2, 0) is 14.8 Å². The van der Waals surface area contributed by atoms with Gasteiger partial charge in [-0.1, -0.05) is 0 Å². The number of hydrogen-bond donors (Lipinski definition) is 3. The van der Waals surface area contributed by atoms with Crippen LogP contribution in [0.2, 0.25) is 0 Å². The van der Waals surface area contributed by atoms with E-state index in [4.69, 9.17) is 5.73 Å². The van der Waals surface area contributed by atoms with E-state index in [0.717, 1.165) is 5.69 Å². The summed E-state index contributed by atoms with van der Waals surface area (Å²) in [6.45, 7) is 1.59. The Kier molecular flexibility index (Phi) is 4.69. The topological polar surface area (TPSA) is 101 Å². The van der Waals surface area contributed by atoms with E-state index in [0.29, 0.717) is 0 Å². The maximum Gasteiger partial charge on any atom is 0.240 e. The van der Waals surface area contributed by atoms with E-state index in [1.54, 1.807) is 26.1 Å². The zero-order valence-electron chi connectivity index (χ0n) is 10.3. The zero-order chi connectivity index (χ0) is 13.8. The number of rotatable bonds is 6. The molecule has 6 nitrogen and oxygen atoms in total. The van der Waals surface area contributed by atoms with E-state index < -0.39 is 22.0 Å². The predicted molar refractivity (Wildman–Crippen MR) is 69.6 cm³/mol. The molecule has 0 fully saturated rings. The summed E-state index contributed by atoms with van der Waals surface area (Å²) in [5.41, 5.74) is 5.83. The second-order valence-electron chi connectivity index (χ2n) is 3.97. The summed E-state index contributed by atoms with van der Waals surface area (Å²) in [5.74, 6) is -0.546. The lowest BCUT2D eigenvalue weighted by atomic mass is 10.2. The molecule has 0 saturated carbocycles. The molecule has 1 amide bonds. The summed E-state index contributed by atoms with van der Waals surface area (Å²) in [5, 5.41) is 2.90. The van der Waals surface area contributed by atoms with Crippen molar-refractivity contribution in [1.29, 1.82) is 0 Å². The van der Waals surface area contributed by atoms with Gasteiger partial charge in [-0.05, 0) is 31.2 Å². The largest absolute Gasteiger partial charge is 0.388 e. The number of carbonyl (C=O) groups is 1. The number of benzene rings is 1. The Morgan fingerprint density at radius 1 is 1.33 bits per heavy atom. The van der Waals surface area contributed by atoms with Gasteiger partial charge >= 0.3 is 0 Å². The number of amides is 1. The van der Waals surface area contributed by atoms with Crippen LogP contribution in [0.4, 0.5) is 5.69 Å². The lowest BCUT2D eigenvalue weighted by molar-refractivity contribution is -0.118. The van der Waals surface area contributed by atoms with Crippen molar-refractivity contribution < 1.29 is 13.2 Å². The molecule has 18 heavy (non-hydrogen) atoms. The number of anilines is 1. The van der Waals surface area contributed by atoms with E-state index in [-0.39, 0.29) is 11.3 Å². The molecule has 0 aromatic heterocycles. The Labute approximate surface area is 107 Å². The van der Waals surface area contributed by atoms with E-state index in [1.807, 2.05) is 0 Å². The Hall–Kier alpha value is -1.60. The van der Waals surface area contributed by atoms with Crippen molar-refractivity contribution >= 4 is 21.6 Å². The van der Waals surface area contributed by atoms with E-state index >= 15 is 0 Å². The van der Waals surface area contributed by atoms with Gasteiger partial charge in [-0.25, -0.2) is 13.1 Å². The SMILES string of the molecule is CNc1ccc(S(=O)(=O)NC(C)CC(N)=O)cc1. The van der Waals surface area contributed by atoms with Gasteiger partial charge in [-0.15, -0.1) is 0 Å². The number of primary amides is 1. The lowest BCUT2D eigenvalue weighted by Crippen LogP contribution is -2.35. The van der Waals surface area contributed by atoms with Crippen molar-refractivity contribution in [2.45, 2.75) is 24.3 Å². The molecule has 0 radical (unpaired) electrons. The molecule has 1 aromatic carbocycles. The molecule has 1 aromatic rings. The molecular formula is C11H17N3O3S. The lowest BCUT2D eigenvalue weighted by Gasteiger charge is -2.12. The van der Waals surface area contributed by atoms with E-state index in [2.05, 4.69) is 10.0 Å². The zero-order valence-corrected chi connectivity index (χ0v) is 11.1. The third-order valence-corrected chi connectivity index (χ3v) is 3.92. The molecule has 0 saturated heterocycles. The van der Waals surface area contributed by atoms with Crippen LogP contribution in [0.1, 0.15) is 13.3 Å². The van der Waals surface area contributed by atoms with Crippen molar-refractivity contribution in [1.82, 2.24) is 4.72 Å². The van der Waals surface area contributed by atoms with Crippen molar-refractivity contribution in [3.8, 4) is 0 Å². The highest BCUT2D eigenvalue weighted by Crippen LogP contribution is 2.14. The first-order chi connectivity index (χ1) is 8.35. The molecule has 7 heteroatoms. The average molecular weight is 271 g/mol. The minimum Gasteiger partial charge on any atom is -0.388 e. The highest BCUT2D eigenvalue weighted by molar-refractivity contribution is 7.89. The fourth-order valence-corrected chi connectivity index (χ4v) is 2.72. The third-order valence-electron chi connectivity index (χ3n) is 2.32. The molecule has 0 aliphatic rings. The Balaban J connectivity index is 2.82. The first-order valence-electron chi connectivity index (χ1n) is 5.43. The minimum atomic E-state index is -3.62. The second-order valence-corrected chi connectivity index (χ2v) is 5.68. The average Bonchev–Trinajstić information content (AvgIpc) is 2.27. The maximum atomic E-state index is 11.9. The maximum absolute atomic E-state index is 11.9. The molecule has 4 N–H and O–H groups in total. The summed E-state index contributed by atoms with van der Waals surface area (Å²) in [4.78, 5) is 10.8. The molecule has 1 atom stereocenters. The normalized spacial score (nSPS) is 13.0. The van der Waals surface area contributed by atoms with Gasteiger partial charge in [-0.3, -0.25) is 4.79 Å². The highest BCUT2D eigenvalue weighted by Gasteiger charge is 2.18. The van der Waals surface area contributed by atoms with Crippen molar-refractivity contribution in [2.75, 3.05) is 12.4 Å². The van der Waals surface area contributed by atoms with Crippen LogP contribution in [0.25, 0.3) is 0 Å². The first-order valence-corrected chi connectivity index (χ1v) is 6.92. The quantitative estimate of drug-likeness (QED) is 0.691. The summed E-state index contributed by atoms with van der Waals surface area (Å²) >= 11 is 0. The third kappa shape index (κ3) is 4.01. The van der Waals surface area contributed by atoms with Gasteiger partial charge in [0, 0.05) is 25.2 Å². The Morgan fingerprint density at radius 2 is 1.89 bits per heavy atom. The van der Waals surface area contributed by atoms with Gasteiger partial charge in [0.05, 0.1) is 4.90 Å². The summed E-state index contributed by atoms with van der Waals surface area (Å²) in [7, 11) is -1.87. The fourth-order valence-electron chi connectivity index (χ4n) is 1.48. The van der Waals surface area contributed by atoms with E-state index in [1.165, 1.54) is 12.1 Å². The molecule has 0 aliphatic heterocycles. The molecule has 0 aliphatic carbocycles. The van der Waals surface area contributed by atoms with Crippen LogP contribution in [0.15, 0.2) is 29.2 Å². The molecule has 100 valence electrons. The van der Waals surface area contributed by atoms with Crippen LogP contribution >= 0.6 is 0 Å². The standard InChI is InChI=1S/C11H17N3O3S/c1-8(7-11(12)15)14-18(16,17)10-5-3-9(13-2)4-6-10/h3-6,8,13-14H,7H2,1-2H3,(H2,12,15).